The van der Waals surface area contributed by atoms with Crippen molar-refractivity contribution in [1.82, 2.24) is 14.5 Å². The number of sulfonamides is 1. The minimum Gasteiger partial charge on any atom is -0.378 e. The first-order valence-electron chi connectivity index (χ1n) is 9.71. The van der Waals surface area contributed by atoms with Crippen molar-refractivity contribution in [3.05, 3.63) is 59.1 Å². The fraction of sp³-hybridized carbons (Fsp3) is 0.429. The molecule has 1 saturated heterocycles. The number of benzene rings is 2. The Balaban J connectivity index is 1.81. The quantitative estimate of drug-likeness (QED) is 0.723. The molecule has 0 amide bonds. The highest BCUT2D eigenvalue weighted by Gasteiger charge is 2.26. The van der Waals surface area contributed by atoms with Gasteiger partial charge in [-0.2, -0.15) is 0 Å². The van der Waals surface area contributed by atoms with Gasteiger partial charge < -0.3 is 9.80 Å². The van der Waals surface area contributed by atoms with Gasteiger partial charge in [-0.1, -0.05) is 29.8 Å². The molecule has 0 unspecified atom stereocenters. The summed E-state index contributed by atoms with van der Waals surface area (Å²) in [5.74, 6) is 0. The summed E-state index contributed by atoms with van der Waals surface area (Å²) in [6.45, 7) is 4.03. The molecule has 0 spiro atoms. The van der Waals surface area contributed by atoms with E-state index in [2.05, 4.69) is 50.7 Å². The highest BCUT2D eigenvalue weighted by atomic mass is 35.5. The van der Waals surface area contributed by atoms with Crippen LogP contribution in [0.2, 0.25) is 5.02 Å². The first-order valence-corrected chi connectivity index (χ1v) is 11.6. The number of piperazine rings is 1. The minimum atomic E-state index is -3.64. The molecule has 2 aromatic rings. The van der Waals surface area contributed by atoms with Gasteiger partial charge in [-0.05, 0) is 42.9 Å². The zero-order valence-corrected chi connectivity index (χ0v) is 18.7. The number of anilines is 1. The molecule has 0 aliphatic carbocycles. The van der Waals surface area contributed by atoms with Gasteiger partial charge in [0, 0.05) is 63.6 Å². The van der Waals surface area contributed by atoms with Gasteiger partial charge >= 0.3 is 0 Å². The monoisotopic (exact) mass is 436 g/mol. The Morgan fingerprint density at radius 1 is 1.07 bits per heavy atom. The van der Waals surface area contributed by atoms with Crippen molar-refractivity contribution >= 4 is 27.3 Å². The molecule has 0 radical (unpaired) electrons. The first kappa shape index (κ1) is 22.1. The third-order valence-electron chi connectivity index (χ3n) is 5.35. The molecule has 6 nitrogen and oxygen atoms in total. The number of hydrogen-bond acceptors (Lipinski definition) is 5. The predicted octanol–water partition coefficient (Wildman–Crippen LogP) is 2.67. The van der Waals surface area contributed by atoms with Gasteiger partial charge in [-0.3, -0.25) is 4.90 Å². The molecule has 3 rings (SSSR count). The van der Waals surface area contributed by atoms with Crippen molar-refractivity contribution in [3.63, 3.8) is 0 Å². The number of hydrogen-bond donors (Lipinski definition) is 1. The zero-order valence-electron chi connectivity index (χ0n) is 17.2. The third-order valence-corrected chi connectivity index (χ3v) is 7.00. The average Bonchev–Trinajstić information content (AvgIpc) is 2.70. The normalized spacial score (nSPS) is 17.2. The fourth-order valence-corrected chi connectivity index (χ4v) is 4.83. The lowest BCUT2D eigenvalue weighted by Gasteiger charge is -2.38. The largest absolute Gasteiger partial charge is 0.378 e. The summed E-state index contributed by atoms with van der Waals surface area (Å²) in [5.41, 5.74) is 2.22. The Bertz CT molecular complexity index is 911. The first-order chi connectivity index (χ1) is 13.8. The minimum absolute atomic E-state index is 0.0335. The highest BCUT2D eigenvalue weighted by Crippen LogP contribution is 2.25. The highest BCUT2D eigenvalue weighted by molar-refractivity contribution is 7.89. The molecule has 8 heteroatoms. The van der Waals surface area contributed by atoms with Crippen molar-refractivity contribution in [2.75, 3.05) is 58.8 Å². The van der Waals surface area contributed by atoms with Gasteiger partial charge in [0.2, 0.25) is 10.0 Å². The van der Waals surface area contributed by atoms with E-state index in [1.54, 1.807) is 18.2 Å². The van der Waals surface area contributed by atoms with E-state index in [9.17, 15) is 8.42 Å². The summed E-state index contributed by atoms with van der Waals surface area (Å²) in [5, 5.41) is 0.405. The molecule has 0 aromatic heterocycles. The van der Waals surface area contributed by atoms with Gasteiger partial charge in [0.15, 0.2) is 0 Å². The van der Waals surface area contributed by atoms with Crippen molar-refractivity contribution in [1.29, 1.82) is 0 Å². The van der Waals surface area contributed by atoms with E-state index in [0.717, 1.165) is 37.4 Å². The summed E-state index contributed by atoms with van der Waals surface area (Å²) >= 11 is 5.98. The maximum atomic E-state index is 12.8. The van der Waals surface area contributed by atoms with Crippen LogP contribution in [0.3, 0.4) is 0 Å². The summed E-state index contributed by atoms with van der Waals surface area (Å²) in [6, 6.07) is 14.6. The number of nitrogens with zero attached hydrogens (tertiary/aromatic N) is 3. The Kier molecular flexibility index (Phi) is 7.19. The lowest BCUT2D eigenvalue weighted by Crippen LogP contribution is -2.48. The number of halogens is 1. The van der Waals surface area contributed by atoms with Crippen LogP contribution in [0.25, 0.3) is 0 Å². The van der Waals surface area contributed by atoms with Crippen LogP contribution in [0.15, 0.2) is 53.4 Å². The van der Waals surface area contributed by atoms with Crippen molar-refractivity contribution in [2.45, 2.75) is 10.9 Å². The van der Waals surface area contributed by atoms with Crippen molar-refractivity contribution < 1.29 is 8.42 Å². The van der Waals surface area contributed by atoms with E-state index >= 15 is 0 Å². The van der Waals surface area contributed by atoms with Crippen LogP contribution < -0.4 is 9.62 Å². The van der Waals surface area contributed by atoms with E-state index in [-0.39, 0.29) is 10.9 Å². The molecule has 1 fully saturated rings. The van der Waals surface area contributed by atoms with Gasteiger partial charge in [-0.15, -0.1) is 0 Å². The SMILES string of the molecule is CN1CCN([C@@H](CNS(=O)(=O)c2cccc(Cl)c2)c2ccc(N(C)C)cc2)CC1. The predicted molar refractivity (Wildman–Crippen MR) is 119 cm³/mol. The van der Waals surface area contributed by atoms with Gasteiger partial charge in [-0.25, -0.2) is 13.1 Å². The molecule has 1 aliphatic heterocycles. The third kappa shape index (κ3) is 5.71. The second-order valence-electron chi connectivity index (χ2n) is 7.65. The van der Waals surface area contributed by atoms with Crippen molar-refractivity contribution in [3.8, 4) is 0 Å². The van der Waals surface area contributed by atoms with Crippen LogP contribution in [0.1, 0.15) is 11.6 Å². The Morgan fingerprint density at radius 2 is 1.72 bits per heavy atom. The maximum absolute atomic E-state index is 12.8. The van der Waals surface area contributed by atoms with E-state index in [4.69, 9.17) is 11.6 Å². The molecule has 158 valence electrons. The molecule has 1 aliphatic rings. The van der Waals surface area contributed by atoms with Gasteiger partial charge in [0.1, 0.15) is 0 Å². The van der Waals surface area contributed by atoms with Gasteiger partial charge in [0.05, 0.1) is 4.90 Å². The Labute approximate surface area is 179 Å². The molecule has 1 N–H and O–H groups in total. The molecular formula is C21H29ClN4O2S. The lowest BCUT2D eigenvalue weighted by atomic mass is 10.0. The number of nitrogens with one attached hydrogen (secondary N) is 1. The van der Waals surface area contributed by atoms with E-state index in [1.165, 1.54) is 6.07 Å². The Hall–Kier alpha value is -1.64. The maximum Gasteiger partial charge on any atom is 0.240 e. The van der Waals surface area contributed by atoms with E-state index in [1.807, 2.05) is 14.1 Å². The number of likely N-dealkylation sites (N-methyl/N-ethyl adjacent to an activating group) is 1. The second-order valence-corrected chi connectivity index (χ2v) is 9.85. The summed E-state index contributed by atoms with van der Waals surface area (Å²) in [4.78, 5) is 6.88. The standard InChI is InChI=1S/C21H29ClN4O2S/c1-24(2)19-9-7-17(8-10-19)21(26-13-11-25(3)12-14-26)16-23-29(27,28)20-6-4-5-18(22)15-20/h4-10,15,21,23H,11-14,16H2,1-3H3/t21-/m0/s1. The molecular weight excluding hydrogens is 408 g/mol. The summed E-state index contributed by atoms with van der Waals surface area (Å²) in [6.07, 6.45) is 0. The molecule has 1 heterocycles. The smallest absolute Gasteiger partial charge is 0.240 e. The van der Waals surface area contributed by atoms with Crippen LogP contribution in [-0.2, 0) is 10.0 Å². The summed E-state index contributed by atoms with van der Waals surface area (Å²) in [7, 11) is 2.49. The van der Waals surface area contributed by atoms with Crippen LogP contribution in [-0.4, -0.2) is 72.1 Å². The van der Waals surface area contributed by atoms with Crippen molar-refractivity contribution in [2.24, 2.45) is 0 Å². The molecule has 29 heavy (non-hydrogen) atoms. The van der Waals surface area contributed by atoms with Crippen LogP contribution in [0.5, 0.6) is 0 Å². The molecule has 2 aromatic carbocycles. The Morgan fingerprint density at radius 3 is 2.31 bits per heavy atom. The lowest BCUT2D eigenvalue weighted by molar-refractivity contribution is 0.113. The van der Waals surface area contributed by atoms with Crippen LogP contribution in [0.4, 0.5) is 5.69 Å². The number of rotatable bonds is 7. The second kappa shape index (κ2) is 9.45. The summed E-state index contributed by atoms with van der Waals surface area (Å²) < 4.78 is 28.4. The van der Waals surface area contributed by atoms with E-state index in [0.29, 0.717) is 11.6 Å². The van der Waals surface area contributed by atoms with Crippen LogP contribution >= 0.6 is 11.6 Å². The topological polar surface area (TPSA) is 55.9 Å². The van der Waals surface area contributed by atoms with Crippen LogP contribution in [0, 0.1) is 0 Å². The average molecular weight is 437 g/mol. The zero-order chi connectivity index (χ0) is 21.0. The van der Waals surface area contributed by atoms with E-state index < -0.39 is 10.0 Å². The van der Waals surface area contributed by atoms with Gasteiger partial charge in [0.25, 0.3) is 0 Å². The fourth-order valence-electron chi connectivity index (χ4n) is 3.49. The molecule has 0 saturated carbocycles. The molecule has 0 bridgehead atoms. The molecule has 1 atom stereocenters.